The van der Waals surface area contributed by atoms with Crippen LogP contribution in [-0.4, -0.2) is 38.6 Å². The summed E-state index contributed by atoms with van der Waals surface area (Å²) in [7, 11) is 0. The number of anilines is 2. The zero-order valence-corrected chi connectivity index (χ0v) is 12.7. The van der Waals surface area contributed by atoms with Crippen molar-refractivity contribution < 1.29 is 4.79 Å². The van der Waals surface area contributed by atoms with Gasteiger partial charge >= 0.3 is 0 Å². The minimum atomic E-state index is 0.124. The molecule has 4 N–H and O–H groups in total. The van der Waals surface area contributed by atoms with Crippen LogP contribution in [0.4, 0.5) is 11.6 Å². The number of thioether (sulfide) groups is 1. The summed E-state index contributed by atoms with van der Waals surface area (Å²) < 4.78 is 0. The molecule has 7 heteroatoms. The Morgan fingerprint density at radius 2 is 1.85 bits per heavy atom. The number of nitrogen functional groups attached to an aromatic ring is 2. The van der Waals surface area contributed by atoms with E-state index in [4.69, 9.17) is 11.5 Å². The van der Waals surface area contributed by atoms with Gasteiger partial charge in [-0.1, -0.05) is 11.8 Å². The average molecular weight is 295 g/mol. The second kappa shape index (κ2) is 6.30. The van der Waals surface area contributed by atoms with E-state index in [1.54, 1.807) is 0 Å². The van der Waals surface area contributed by atoms with E-state index in [0.29, 0.717) is 34.6 Å². The number of hydrogen-bond donors (Lipinski definition) is 2. The molecule has 0 aliphatic carbocycles. The number of piperidine rings is 1. The number of hydrogen-bond acceptors (Lipinski definition) is 6. The van der Waals surface area contributed by atoms with Crippen LogP contribution < -0.4 is 11.5 Å². The molecule has 110 valence electrons. The smallest absolute Gasteiger partial charge is 0.233 e. The van der Waals surface area contributed by atoms with Crippen molar-refractivity contribution in [3.8, 4) is 0 Å². The van der Waals surface area contributed by atoms with Gasteiger partial charge in [0.15, 0.2) is 5.16 Å². The van der Waals surface area contributed by atoms with Crippen molar-refractivity contribution in [1.82, 2.24) is 14.9 Å². The van der Waals surface area contributed by atoms with Crippen LogP contribution in [-0.2, 0) is 4.79 Å². The van der Waals surface area contributed by atoms with Gasteiger partial charge in [-0.25, -0.2) is 9.97 Å². The number of likely N-dealkylation sites (tertiary alicyclic amines) is 1. The third-order valence-corrected chi connectivity index (χ3v) is 4.38. The molecule has 0 saturated carbocycles. The first-order valence-electron chi connectivity index (χ1n) is 6.81. The minimum absolute atomic E-state index is 0.124. The molecule has 1 aliphatic rings. The van der Waals surface area contributed by atoms with Crippen LogP contribution in [0.2, 0.25) is 0 Å². The first-order chi connectivity index (χ1) is 9.47. The molecule has 1 amide bonds. The highest BCUT2D eigenvalue weighted by atomic mass is 32.2. The number of rotatable bonds is 3. The maximum Gasteiger partial charge on any atom is 0.233 e. The molecule has 1 aromatic heterocycles. The van der Waals surface area contributed by atoms with Gasteiger partial charge in [0, 0.05) is 18.2 Å². The monoisotopic (exact) mass is 295 g/mol. The summed E-state index contributed by atoms with van der Waals surface area (Å²) in [5, 5.41) is 0.452. The third kappa shape index (κ3) is 3.53. The number of carbonyl (C=O) groups is 1. The van der Waals surface area contributed by atoms with Crippen LogP contribution in [0.5, 0.6) is 0 Å². The van der Waals surface area contributed by atoms with Gasteiger partial charge in [-0.2, -0.15) is 0 Å². The first kappa shape index (κ1) is 14.9. The average Bonchev–Trinajstić information content (AvgIpc) is 2.35. The SMILES string of the molecule is C[C@H]1CCC[C@H](C)N1C(=O)CSc1nc(N)cc(N)n1. The Morgan fingerprint density at radius 1 is 1.30 bits per heavy atom. The second-order valence-electron chi connectivity index (χ2n) is 5.22. The summed E-state index contributed by atoms with van der Waals surface area (Å²) in [5.41, 5.74) is 11.2. The molecule has 0 radical (unpaired) electrons. The molecule has 1 aromatic rings. The van der Waals surface area contributed by atoms with Crippen LogP contribution in [0, 0.1) is 0 Å². The van der Waals surface area contributed by atoms with E-state index in [-0.39, 0.29) is 5.91 Å². The number of amides is 1. The van der Waals surface area contributed by atoms with Gasteiger partial charge in [-0.15, -0.1) is 0 Å². The largest absolute Gasteiger partial charge is 0.383 e. The Balaban J connectivity index is 1.97. The summed E-state index contributed by atoms with van der Waals surface area (Å²) in [6.07, 6.45) is 3.33. The van der Waals surface area contributed by atoms with E-state index >= 15 is 0 Å². The van der Waals surface area contributed by atoms with E-state index in [1.807, 2.05) is 4.90 Å². The molecule has 2 rings (SSSR count). The van der Waals surface area contributed by atoms with Crippen LogP contribution in [0.15, 0.2) is 11.2 Å². The maximum atomic E-state index is 12.3. The van der Waals surface area contributed by atoms with Crippen LogP contribution in [0.1, 0.15) is 33.1 Å². The zero-order valence-electron chi connectivity index (χ0n) is 11.9. The van der Waals surface area contributed by atoms with Gasteiger partial charge in [-0.05, 0) is 33.1 Å². The molecule has 1 aliphatic heterocycles. The van der Waals surface area contributed by atoms with Crippen molar-refractivity contribution in [2.45, 2.75) is 50.4 Å². The van der Waals surface area contributed by atoms with Crippen molar-refractivity contribution in [3.05, 3.63) is 6.07 Å². The Labute approximate surface area is 123 Å². The topological polar surface area (TPSA) is 98.1 Å². The van der Waals surface area contributed by atoms with Crippen molar-refractivity contribution in [3.63, 3.8) is 0 Å². The lowest BCUT2D eigenvalue weighted by Crippen LogP contribution is -2.48. The minimum Gasteiger partial charge on any atom is -0.383 e. The van der Waals surface area contributed by atoms with E-state index in [1.165, 1.54) is 24.2 Å². The molecule has 0 unspecified atom stereocenters. The van der Waals surface area contributed by atoms with Gasteiger partial charge in [0.1, 0.15) is 11.6 Å². The van der Waals surface area contributed by atoms with Crippen LogP contribution >= 0.6 is 11.8 Å². The van der Waals surface area contributed by atoms with Crippen LogP contribution in [0.25, 0.3) is 0 Å². The molecular weight excluding hydrogens is 274 g/mol. The van der Waals surface area contributed by atoms with E-state index in [0.717, 1.165) is 12.8 Å². The molecule has 6 nitrogen and oxygen atoms in total. The fourth-order valence-electron chi connectivity index (χ4n) is 2.64. The van der Waals surface area contributed by atoms with Gasteiger partial charge in [0.05, 0.1) is 5.75 Å². The highest BCUT2D eigenvalue weighted by Gasteiger charge is 2.28. The Bertz CT molecular complexity index is 465. The molecule has 1 saturated heterocycles. The fourth-order valence-corrected chi connectivity index (χ4v) is 3.38. The van der Waals surface area contributed by atoms with Crippen molar-refractivity contribution in [1.29, 1.82) is 0 Å². The van der Waals surface area contributed by atoms with Crippen molar-refractivity contribution in [2.24, 2.45) is 0 Å². The van der Waals surface area contributed by atoms with Crippen molar-refractivity contribution in [2.75, 3.05) is 17.2 Å². The number of carbonyl (C=O) groups excluding carboxylic acids is 1. The summed E-state index contributed by atoms with van der Waals surface area (Å²) >= 11 is 1.28. The Hall–Kier alpha value is -1.50. The second-order valence-corrected chi connectivity index (χ2v) is 6.16. The van der Waals surface area contributed by atoms with E-state index < -0.39 is 0 Å². The molecule has 20 heavy (non-hydrogen) atoms. The third-order valence-electron chi connectivity index (χ3n) is 3.55. The predicted molar refractivity (Wildman–Crippen MR) is 81.2 cm³/mol. The lowest BCUT2D eigenvalue weighted by atomic mass is 9.98. The van der Waals surface area contributed by atoms with Crippen molar-refractivity contribution >= 4 is 29.3 Å². The number of nitrogens with two attached hydrogens (primary N) is 2. The highest BCUT2D eigenvalue weighted by Crippen LogP contribution is 2.24. The molecule has 0 spiro atoms. The molecule has 2 heterocycles. The maximum absolute atomic E-state index is 12.3. The Morgan fingerprint density at radius 3 is 2.40 bits per heavy atom. The highest BCUT2D eigenvalue weighted by molar-refractivity contribution is 7.99. The summed E-state index contributed by atoms with van der Waals surface area (Å²) in [6, 6.07) is 2.11. The predicted octanol–water partition coefficient (Wildman–Crippen LogP) is 1.52. The van der Waals surface area contributed by atoms with Gasteiger partial charge in [0.2, 0.25) is 5.91 Å². The number of nitrogens with zero attached hydrogens (tertiary/aromatic N) is 3. The normalized spacial score (nSPS) is 22.8. The standard InChI is InChI=1S/C13H21N5OS/c1-8-4-3-5-9(2)18(8)12(19)7-20-13-16-10(14)6-11(15)17-13/h6,8-9H,3-5,7H2,1-2H3,(H4,14,15,16,17)/t8-,9-/m0/s1. The van der Waals surface area contributed by atoms with E-state index in [2.05, 4.69) is 23.8 Å². The lowest BCUT2D eigenvalue weighted by Gasteiger charge is -2.39. The van der Waals surface area contributed by atoms with Gasteiger partial charge in [0.25, 0.3) is 0 Å². The summed E-state index contributed by atoms with van der Waals surface area (Å²) in [4.78, 5) is 22.5. The first-order valence-corrected chi connectivity index (χ1v) is 7.80. The molecule has 0 bridgehead atoms. The zero-order chi connectivity index (χ0) is 14.7. The number of aromatic nitrogens is 2. The molecule has 2 atom stereocenters. The molecule has 0 aromatic carbocycles. The lowest BCUT2D eigenvalue weighted by molar-refractivity contribution is -0.134. The van der Waals surface area contributed by atoms with E-state index in [9.17, 15) is 4.79 Å². The van der Waals surface area contributed by atoms with Crippen LogP contribution in [0.3, 0.4) is 0 Å². The quantitative estimate of drug-likeness (QED) is 0.648. The van der Waals surface area contributed by atoms with Gasteiger partial charge in [-0.3, -0.25) is 4.79 Å². The summed E-state index contributed by atoms with van der Waals surface area (Å²) in [6.45, 7) is 4.21. The van der Waals surface area contributed by atoms with Gasteiger partial charge < -0.3 is 16.4 Å². The summed E-state index contributed by atoms with van der Waals surface area (Å²) in [5.74, 6) is 1.09. The fraction of sp³-hybridized carbons (Fsp3) is 0.615. The molecule has 1 fully saturated rings. The molecular formula is C13H21N5OS. The Kier molecular flexibility index (Phi) is 4.69.